The van der Waals surface area contributed by atoms with Crippen LogP contribution in [-0.4, -0.2) is 5.84 Å². The van der Waals surface area contributed by atoms with Crippen molar-refractivity contribution in [3.63, 3.8) is 0 Å². The van der Waals surface area contributed by atoms with Gasteiger partial charge in [0.25, 0.3) is 0 Å². The van der Waals surface area contributed by atoms with Crippen LogP contribution in [0.25, 0.3) is 21.5 Å². The molecule has 0 heterocycles. The molecule has 0 aromatic heterocycles. The number of hydrogen-bond acceptors (Lipinski definition) is 1. The van der Waals surface area contributed by atoms with Gasteiger partial charge in [0.1, 0.15) is 5.84 Å². The van der Waals surface area contributed by atoms with Gasteiger partial charge in [0.2, 0.25) is 0 Å². The number of rotatable bonds is 2. The van der Waals surface area contributed by atoms with Gasteiger partial charge in [-0.2, -0.15) is 0 Å². The number of aliphatic imine (C=N–C) groups is 1. The average molecular weight is 310 g/mol. The highest BCUT2D eigenvalue weighted by molar-refractivity contribution is 6.05. The van der Waals surface area contributed by atoms with E-state index in [0.717, 1.165) is 17.2 Å². The van der Waals surface area contributed by atoms with Gasteiger partial charge in [-0.15, -0.1) is 0 Å². The molecule has 0 radical (unpaired) electrons. The summed E-state index contributed by atoms with van der Waals surface area (Å²) in [7, 11) is 0. The first kappa shape index (κ1) is 14.5. The first-order valence-corrected chi connectivity index (χ1v) is 8.09. The van der Waals surface area contributed by atoms with Crippen molar-refractivity contribution in [2.75, 3.05) is 5.32 Å². The summed E-state index contributed by atoms with van der Waals surface area (Å²) >= 11 is 0. The number of benzene rings is 4. The van der Waals surface area contributed by atoms with Crippen molar-refractivity contribution in [2.24, 2.45) is 4.99 Å². The lowest BCUT2D eigenvalue weighted by molar-refractivity contribution is 1.50. The third-order valence-electron chi connectivity index (χ3n) is 4.16. The van der Waals surface area contributed by atoms with Crippen LogP contribution in [0.15, 0.2) is 89.9 Å². The quantitative estimate of drug-likeness (QED) is 0.348. The maximum atomic E-state index is 4.79. The number of fused-ring (bicyclic) bond motifs is 2. The Kier molecular flexibility index (Phi) is 3.72. The van der Waals surface area contributed by atoms with Gasteiger partial charge in [0.15, 0.2) is 0 Å². The van der Waals surface area contributed by atoms with Crippen LogP contribution in [0.3, 0.4) is 0 Å². The van der Waals surface area contributed by atoms with E-state index in [-0.39, 0.29) is 0 Å². The number of anilines is 1. The molecule has 24 heavy (non-hydrogen) atoms. The van der Waals surface area contributed by atoms with Crippen LogP contribution < -0.4 is 5.32 Å². The maximum Gasteiger partial charge on any atom is 0.103 e. The summed E-state index contributed by atoms with van der Waals surface area (Å²) < 4.78 is 0. The Morgan fingerprint density at radius 2 is 1.25 bits per heavy atom. The summed E-state index contributed by atoms with van der Waals surface area (Å²) in [5.74, 6) is 0.878. The van der Waals surface area contributed by atoms with Gasteiger partial charge in [0.05, 0.1) is 5.69 Å². The zero-order valence-electron chi connectivity index (χ0n) is 13.5. The van der Waals surface area contributed by atoms with Crippen LogP contribution in [0.4, 0.5) is 11.4 Å². The van der Waals surface area contributed by atoms with Crippen molar-refractivity contribution in [3.8, 4) is 0 Å². The molecule has 4 rings (SSSR count). The molecule has 0 amide bonds. The van der Waals surface area contributed by atoms with Crippen LogP contribution >= 0.6 is 0 Å². The van der Waals surface area contributed by atoms with E-state index in [9.17, 15) is 0 Å². The van der Waals surface area contributed by atoms with Crippen LogP contribution in [-0.2, 0) is 0 Å². The van der Waals surface area contributed by atoms with E-state index in [1.54, 1.807) is 0 Å². The molecule has 0 spiro atoms. The number of nitrogens with one attached hydrogen (secondary N) is 1. The molecular weight excluding hydrogens is 292 g/mol. The van der Waals surface area contributed by atoms with Crippen molar-refractivity contribution in [1.29, 1.82) is 0 Å². The van der Waals surface area contributed by atoms with E-state index in [1.165, 1.54) is 21.5 Å². The van der Waals surface area contributed by atoms with E-state index < -0.39 is 0 Å². The minimum Gasteiger partial charge on any atom is -0.343 e. The summed E-state index contributed by atoms with van der Waals surface area (Å²) in [6.45, 7) is 2.00. The van der Waals surface area contributed by atoms with Crippen molar-refractivity contribution in [1.82, 2.24) is 0 Å². The number of nitrogens with zero attached hydrogens (tertiary/aromatic N) is 1. The van der Waals surface area contributed by atoms with Gasteiger partial charge >= 0.3 is 0 Å². The smallest absolute Gasteiger partial charge is 0.103 e. The van der Waals surface area contributed by atoms with Crippen LogP contribution in [0.2, 0.25) is 0 Å². The fourth-order valence-electron chi connectivity index (χ4n) is 3.04. The molecule has 0 aliphatic rings. The first-order chi connectivity index (χ1) is 11.8. The van der Waals surface area contributed by atoms with E-state index >= 15 is 0 Å². The molecule has 0 fully saturated rings. The van der Waals surface area contributed by atoms with Crippen LogP contribution in [0.1, 0.15) is 6.92 Å². The number of hydrogen-bond donors (Lipinski definition) is 1. The monoisotopic (exact) mass is 310 g/mol. The third-order valence-corrected chi connectivity index (χ3v) is 4.16. The molecule has 0 saturated carbocycles. The molecule has 0 bridgehead atoms. The van der Waals surface area contributed by atoms with Gasteiger partial charge in [-0.25, -0.2) is 4.99 Å². The molecule has 0 aliphatic carbocycles. The highest BCUT2D eigenvalue weighted by atomic mass is 15.0. The lowest BCUT2D eigenvalue weighted by atomic mass is 10.1. The van der Waals surface area contributed by atoms with Gasteiger partial charge in [-0.05, 0) is 29.8 Å². The molecule has 4 aromatic carbocycles. The predicted molar refractivity (Wildman–Crippen MR) is 104 cm³/mol. The Hall–Kier alpha value is -3.13. The second-order valence-electron chi connectivity index (χ2n) is 5.85. The standard InChI is InChI=1S/C22H18N2/c1-16(23-21-14-6-10-17-8-2-4-12-19(17)21)24-22-15-7-11-18-9-3-5-13-20(18)22/h2-15H,1H3,(H,23,24). The largest absolute Gasteiger partial charge is 0.343 e. The summed E-state index contributed by atoms with van der Waals surface area (Å²) in [6.07, 6.45) is 0. The Bertz CT molecular complexity index is 1040. The van der Waals surface area contributed by atoms with E-state index in [2.05, 4.69) is 84.2 Å². The fraction of sp³-hybridized carbons (Fsp3) is 0.0455. The van der Waals surface area contributed by atoms with Crippen LogP contribution in [0, 0.1) is 0 Å². The zero-order valence-corrected chi connectivity index (χ0v) is 13.5. The number of amidine groups is 1. The zero-order chi connectivity index (χ0) is 16.4. The Balaban J connectivity index is 1.72. The summed E-state index contributed by atoms with van der Waals surface area (Å²) in [5.41, 5.74) is 2.06. The molecule has 0 saturated heterocycles. The molecule has 0 atom stereocenters. The van der Waals surface area contributed by atoms with Crippen LogP contribution in [0.5, 0.6) is 0 Å². The van der Waals surface area contributed by atoms with Crippen molar-refractivity contribution < 1.29 is 0 Å². The highest BCUT2D eigenvalue weighted by Crippen LogP contribution is 2.27. The van der Waals surface area contributed by atoms with E-state index in [1.807, 2.05) is 13.0 Å². The molecular formula is C22H18N2. The first-order valence-electron chi connectivity index (χ1n) is 8.09. The summed E-state index contributed by atoms with van der Waals surface area (Å²) in [6, 6.07) is 29.2. The van der Waals surface area contributed by atoms with Crippen molar-refractivity contribution >= 4 is 38.8 Å². The summed E-state index contributed by atoms with van der Waals surface area (Å²) in [5, 5.41) is 8.24. The molecule has 0 unspecified atom stereocenters. The molecule has 1 N–H and O–H groups in total. The maximum absolute atomic E-state index is 4.79. The fourth-order valence-corrected chi connectivity index (χ4v) is 3.04. The summed E-state index contributed by atoms with van der Waals surface area (Å²) in [4.78, 5) is 4.79. The lowest BCUT2D eigenvalue weighted by Crippen LogP contribution is -2.07. The second-order valence-corrected chi connectivity index (χ2v) is 5.85. The topological polar surface area (TPSA) is 24.4 Å². The second kappa shape index (κ2) is 6.17. The van der Waals surface area contributed by atoms with Gasteiger partial charge in [-0.1, -0.05) is 72.8 Å². The van der Waals surface area contributed by atoms with E-state index in [0.29, 0.717) is 0 Å². The molecule has 4 aromatic rings. The molecule has 2 nitrogen and oxygen atoms in total. The SMILES string of the molecule is C/C(=N\c1cccc2ccccc12)Nc1cccc2ccccc12. The van der Waals surface area contributed by atoms with E-state index in [4.69, 9.17) is 4.99 Å². The average Bonchev–Trinajstić information content (AvgIpc) is 2.62. The third kappa shape index (κ3) is 2.74. The molecule has 116 valence electrons. The lowest BCUT2D eigenvalue weighted by Gasteiger charge is -2.10. The Morgan fingerprint density at radius 1 is 0.667 bits per heavy atom. The molecule has 0 aliphatic heterocycles. The predicted octanol–water partition coefficient (Wildman–Crippen LogP) is 6.16. The van der Waals surface area contributed by atoms with Gasteiger partial charge < -0.3 is 5.32 Å². The highest BCUT2D eigenvalue weighted by Gasteiger charge is 2.03. The van der Waals surface area contributed by atoms with Gasteiger partial charge in [0, 0.05) is 16.5 Å². The van der Waals surface area contributed by atoms with Crippen molar-refractivity contribution in [3.05, 3.63) is 84.9 Å². The minimum absolute atomic E-state index is 0.878. The van der Waals surface area contributed by atoms with Crippen molar-refractivity contribution in [2.45, 2.75) is 6.92 Å². The Labute approximate surface area is 141 Å². The molecule has 2 heteroatoms. The Morgan fingerprint density at radius 3 is 2.04 bits per heavy atom. The van der Waals surface area contributed by atoms with Gasteiger partial charge in [-0.3, -0.25) is 0 Å². The minimum atomic E-state index is 0.878. The normalized spacial score (nSPS) is 11.8.